The summed E-state index contributed by atoms with van der Waals surface area (Å²) in [5.41, 5.74) is -0.460. The fourth-order valence-corrected chi connectivity index (χ4v) is 1.66. The lowest BCUT2D eigenvalue weighted by Gasteiger charge is -2.20. The maximum atomic E-state index is 11.4. The molecule has 0 aliphatic heterocycles. The number of ether oxygens (including phenoxy) is 1. The zero-order valence-electron chi connectivity index (χ0n) is 11.8. The third-order valence-electron chi connectivity index (χ3n) is 2.46. The Balaban J connectivity index is 3.57. The van der Waals surface area contributed by atoms with Crippen molar-refractivity contribution in [1.82, 2.24) is 0 Å². The van der Waals surface area contributed by atoms with Gasteiger partial charge in [-0.25, -0.2) is 0 Å². The van der Waals surface area contributed by atoms with E-state index >= 15 is 0 Å². The average Bonchev–Trinajstić information content (AvgIpc) is 2.14. The summed E-state index contributed by atoms with van der Waals surface area (Å²) in [7, 11) is 0. The molecule has 0 saturated carbocycles. The fraction of sp³-hybridized carbons (Fsp3) is 0.929. The van der Waals surface area contributed by atoms with E-state index in [0.29, 0.717) is 6.42 Å². The summed E-state index contributed by atoms with van der Waals surface area (Å²) in [5.74, 6) is -0.307. The van der Waals surface area contributed by atoms with Crippen molar-refractivity contribution in [1.29, 1.82) is 0 Å². The molecule has 0 radical (unpaired) electrons. The van der Waals surface area contributed by atoms with Crippen LogP contribution in [0.25, 0.3) is 0 Å². The van der Waals surface area contributed by atoms with Crippen LogP contribution in [0.1, 0.15) is 72.6 Å². The molecule has 0 aliphatic carbocycles. The lowest BCUT2D eigenvalue weighted by Crippen LogP contribution is -2.26. The van der Waals surface area contributed by atoms with Gasteiger partial charge in [0.15, 0.2) is 0 Å². The highest BCUT2D eigenvalue weighted by atomic mass is 16.6. The highest BCUT2D eigenvalue weighted by molar-refractivity contribution is 5.70. The zero-order chi connectivity index (χ0) is 13.3. The average molecular weight is 244 g/mol. The summed E-state index contributed by atoms with van der Waals surface area (Å²) < 4.78 is 5.15. The number of hydrogen-bond donors (Lipinski definition) is 1. The highest BCUT2D eigenvalue weighted by Crippen LogP contribution is 2.13. The van der Waals surface area contributed by atoms with Gasteiger partial charge in [-0.15, -0.1) is 0 Å². The molecule has 3 nitrogen and oxygen atoms in total. The lowest BCUT2D eigenvalue weighted by molar-refractivity contribution is -0.157. The molecule has 0 rings (SSSR count). The smallest absolute Gasteiger partial charge is 0.308 e. The molecule has 0 aromatic carbocycles. The third kappa shape index (κ3) is 11.7. The topological polar surface area (TPSA) is 46.5 Å². The first-order valence-corrected chi connectivity index (χ1v) is 6.75. The number of rotatable bonds is 8. The van der Waals surface area contributed by atoms with Crippen LogP contribution in [0.15, 0.2) is 0 Å². The highest BCUT2D eigenvalue weighted by Gasteiger charge is 2.18. The van der Waals surface area contributed by atoms with Crippen molar-refractivity contribution in [2.24, 2.45) is 0 Å². The van der Waals surface area contributed by atoms with E-state index in [9.17, 15) is 9.90 Å². The molecule has 0 unspecified atom stereocenters. The number of hydrogen-bond acceptors (Lipinski definition) is 3. The number of carbonyl (C=O) groups excluding carboxylic acids is 1. The first-order chi connectivity index (χ1) is 7.85. The van der Waals surface area contributed by atoms with Crippen molar-refractivity contribution >= 4 is 5.97 Å². The third-order valence-corrected chi connectivity index (χ3v) is 2.46. The summed E-state index contributed by atoms with van der Waals surface area (Å²) in [5, 5.41) is 9.67. The quantitative estimate of drug-likeness (QED) is 0.525. The molecule has 1 N–H and O–H groups in total. The van der Waals surface area contributed by atoms with Crippen LogP contribution in [-0.2, 0) is 9.53 Å². The number of aliphatic hydroxyl groups is 1. The first kappa shape index (κ1) is 16.4. The van der Waals surface area contributed by atoms with Crippen molar-refractivity contribution in [3.8, 4) is 0 Å². The van der Waals surface area contributed by atoms with Crippen molar-refractivity contribution in [3.05, 3.63) is 0 Å². The second kappa shape index (κ2) is 8.51. The Morgan fingerprint density at radius 2 is 1.76 bits per heavy atom. The maximum Gasteiger partial charge on any atom is 0.308 e. The van der Waals surface area contributed by atoms with E-state index in [4.69, 9.17) is 4.74 Å². The van der Waals surface area contributed by atoms with E-state index in [1.807, 2.05) is 20.8 Å². The lowest BCUT2D eigenvalue weighted by atomic mass is 10.1. The molecular weight excluding hydrogens is 216 g/mol. The SMILES string of the molecule is CCCCCCC[C@H](O)CC(=O)OC(C)(C)C. The molecular formula is C14H28O3. The molecule has 0 fully saturated rings. The monoisotopic (exact) mass is 244 g/mol. The standard InChI is InChI=1S/C14H28O3/c1-5-6-7-8-9-10-12(15)11-13(16)17-14(2,3)4/h12,15H,5-11H2,1-4H3/t12-/m0/s1. The molecule has 0 spiro atoms. The fourth-order valence-electron chi connectivity index (χ4n) is 1.66. The number of carbonyl (C=O) groups is 1. The van der Waals surface area contributed by atoms with Gasteiger partial charge in [0.05, 0.1) is 12.5 Å². The summed E-state index contributed by atoms with van der Waals surface area (Å²) in [6.45, 7) is 7.68. The minimum Gasteiger partial charge on any atom is -0.460 e. The second-order valence-corrected chi connectivity index (χ2v) is 5.65. The number of aliphatic hydroxyl groups excluding tert-OH is 1. The number of unbranched alkanes of at least 4 members (excludes halogenated alkanes) is 4. The summed E-state index contributed by atoms with van der Waals surface area (Å²) in [4.78, 5) is 11.4. The Labute approximate surface area is 106 Å². The van der Waals surface area contributed by atoms with Gasteiger partial charge >= 0.3 is 5.97 Å². The Morgan fingerprint density at radius 1 is 1.18 bits per heavy atom. The Hall–Kier alpha value is -0.570. The molecule has 0 aliphatic rings. The van der Waals surface area contributed by atoms with Gasteiger partial charge in [-0.3, -0.25) is 4.79 Å². The van der Waals surface area contributed by atoms with E-state index in [2.05, 4.69) is 6.92 Å². The predicted molar refractivity (Wildman–Crippen MR) is 69.8 cm³/mol. The molecule has 102 valence electrons. The summed E-state index contributed by atoms with van der Waals surface area (Å²) in [6.07, 6.45) is 6.08. The largest absolute Gasteiger partial charge is 0.460 e. The Morgan fingerprint density at radius 3 is 2.29 bits per heavy atom. The molecule has 0 amide bonds. The van der Waals surface area contributed by atoms with Crippen molar-refractivity contribution in [2.75, 3.05) is 0 Å². The van der Waals surface area contributed by atoms with Crippen LogP contribution < -0.4 is 0 Å². The van der Waals surface area contributed by atoms with Gasteiger partial charge in [0.2, 0.25) is 0 Å². The van der Waals surface area contributed by atoms with Crippen LogP contribution >= 0.6 is 0 Å². The van der Waals surface area contributed by atoms with Gasteiger partial charge in [0.25, 0.3) is 0 Å². The van der Waals surface area contributed by atoms with Crippen LogP contribution in [0.2, 0.25) is 0 Å². The Bertz CT molecular complexity index is 206. The van der Waals surface area contributed by atoms with E-state index < -0.39 is 11.7 Å². The van der Waals surface area contributed by atoms with Gasteiger partial charge < -0.3 is 9.84 Å². The van der Waals surface area contributed by atoms with Gasteiger partial charge in [-0.05, 0) is 27.2 Å². The Kier molecular flexibility index (Phi) is 8.23. The molecule has 0 heterocycles. The molecule has 0 aromatic rings. The van der Waals surface area contributed by atoms with Crippen LogP contribution in [0.3, 0.4) is 0 Å². The molecule has 17 heavy (non-hydrogen) atoms. The van der Waals surface area contributed by atoms with Crippen LogP contribution in [0, 0.1) is 0 Å². The minimum absolute atomic E-state index is 0.116. The predicted octanol–water partition coefficient (Wildman–Crippen LogP) is 3.44. The van der Waals surface area contributed by atoms with E-state index in [1.54, 1.807) is 0 Å². The second-order valence-electron chi connectivity index (χ2n) is 5.65. The van der Waals surface area contributed by atoms with Gasteiger partial charge in [-0.1, -0.05) is 39.0 Å². The minimum atomic E-state index is -0.550. The van der Waals surface area contributed by atoms with E-state index in [1.165, 1.54) is 19.3 Å². The number of esters is 1. The molecule has 0 saturated heterocycles. The maximum absolute atomic E-state index is 11.4. The normalized spacial score (nSPS) is 13.5. The molecule has 0 aromatic heterocycles. The molecule has 1 atom stereocenters. The zero-order valence-corrected chi connectivity index (χ0v) is 11.8. The first-order valence-electron chi connectivity index (χ1n) is 6.75. The van der Waals surface area contributed by atoms with Crippen molar-refractivity contribution in [3.63, 3.8) is 0 Å². The van der Waals surface area contributed by atoms with Gasteiger partial charge in [0, 0.05) is 0 Å². The van der Waals surface area contributed by atoms with Gasteiger partial charge in [-0.2, -0.15) is 0 Å². The van der Waals surface area contributed by atoms with Crippen LogP contribution in [0.4, 0.5) is 0 Å². The summed E-state index contributed by atoms with van der Waals surface area (Å²) in [6, 6.07) is 0. The van der Waals surface area contributed by atoms with Gasteiger partial charge in [0.1, 0.15) is 5.60 Å². The van der Waals surface area contributed by atoms with Crippen molar-refractivity contribution in [2.45, 2.75) is 84.3 Å². The van der Waals surface area contributed by atoms with Crippen molar-refractivity contribution < 1.29 is 14.6 Å². The van der Waals surface area contributed by atoms with E-state index in [0.717, 1.165) is 12.8 Å². The molecule has 0 bridgehead atoms. The molecule has 3 heteroatoms. The summed E-state index contributed by atoms with van der Waals surface area (Å²) >= 11 is 0. The van der Waals surface area contributed by atoms with Crippen LogP contribution in [-0.4, -0.2) is 22.8 Å². The van der Waals surface area contributed by atoms with Crippen LogP contribution in [0.5, 0.6) is 0 Å². The van der Waals surface area contributed by atoms with E-state index in [-0.39, 0.29) is 12.4 Å².